The molecule has 0 aromatic rings. The van der Waals surface area contributed by atoms with E-state index in [1.807, 2.05) is 0 Å². The van der Waals surface area contributed by atoms with Crippen molar-refractivity contribution in [3.05, 3.63) is 0 Å². The molecule has 0 atom stereocenters. The van der Waals surface area contributed by atoms with Gasteiger partial charge in [-0.05, 0) is 0 Å². The molecule has 0 rings (SSSR count). The van der Waals surface area contributed by atoms with E-state index >= 15 is 0 Å². The largest absolute Gasteiger partial charge is 0.351 e. The average molecular weight is 199 g/mol. The van der Waals surface area contributed by atoms with Gasteiger partial charge in [-0.1, -0.05) is 0 Å². The van der Waals surface area contributed by atoms with Gasteiger partial charge in [-0.15, -0.1) is 23.2 Å². The zero-order valence-corrected chi connectivity index (χ0v) is 8.35. The Morgan fingerprint density at radius 2 is 1.64 bits per heavy atom. The van der Waals surface area contributed by atoms with E-state index in [-0.39, 0.29) is 5.34 Å². The van der Waals surface area contributed by atoms with Crippen molar-refractivity contribution in [3.8, 4) is 6.07 Å². The van der Waals surface area contributed by atoms with Gasteiger partial charge in [0.05, 0.1) is 11.4 Å². The lowest BCUT2D eigenvalue weighted by molar-refractivity contribution is -0.115. The number of amides is 1. The zero-order chi connectivity index (χ0) is 9.70. The molecule has 0 aliphatic carbocycles. The van der Waals surface area contributed by atoms with Crippen molar-refractivity contribution in [1.29, 1.82) is 5.26 Å². The van der Waals surface area contributed by atoms with Gasteiger partial charge >= 0.3 is 0 Å². The molecule has 0 N–H and O–H groups in total. The predicted octanol–water partition coefficient (Wildman–Crippen LogP) is 1.66. The molecular formula is C6H12Cl2N2O. The van der Waals surface area contributed by atoms with Gasteiger partial charge in [0.15, 0.2) is 0 Å². The van der Waals surface area contributed by atoms with Crippen LogP contribution in [0.1, 0.15) is 6.92 Å². The molecule has 66 valence electrons. The minimum atomic E-state index is 0.194. The molecule has 0 bridgehead atoms. The predicted molar refractivity (Wildman–Crippen MR) is 47.6 cm³/mol. The van der Waals surface area contributed by atoms with Crippen LogP contribution in [0.5, 0.6) is 0 Å². The van der Waals surface area contributed by atoms with E-state index in [0.29, 0.717) is 0 Å². The molecule has 0 unspecified atom stereocenters. The molecule has 0 radical (unpaired) electrons. The van der Waals surface area contributed by atoms with Gasteiger partial charge in [0.25, 0.3) is 0 Å². The third-order valence-electron chi connectivity index (χ3n) is 0.211. The van der Waals surface area contributed by atoms with Crippen LogP contribution < -0.4 is 0 Å². The number of carbonyl (C=O) groups is 1. The van der Waals surface area contributed by atoms with Crippen molar-refractivity contribution in [2.75, 3.05) is 19.4 Å². The molecule has 0 spiro atoms. The van der Waals surface area contributed by atoms with Crippen LogP contribution >= 0.6 is 23.2 Å². The van der Waals surface area contributed by atoms with Crippen LogP contribution in [0.2, 0.25) is 0 Å². The molecule has 0 heterocycles. The van der Waals surface area contributed by atoms with Crippen LogP contribution in [0, 0.1) is 11.3 Å². The number of halogens is 2. The summed E-state index contributed by atoms with van der Waals surface area (Å²) in [4.78, 5) is 10.9. The third kappa shape index (κ3) is 229. The third-order valence-corrected chi connectivity index (χ3v) is 0.211. The number of alkyl halides is 2. The Bertz CT molecular complexity index is 101. The maximum atomic E-state index is 9.43. The zero-order valence-electron chi connectivity index (χ0n) is 6.84. The summed E-state index contributed by atoms with van der Waals surface area (Å²) in [5, 5.41) is 7.51. The standard InChI is InChI=1S/C3H7NO.C2H3N.CH2Cl2/c1-4(2)3-5;1-2-3;2-1-3/h3H,1-2H3;1H3;1H2. The first-order chi connectivity index (χ1) is 5.10. The first-order valence-corrected chi connectivity index (χ1v) is 3.72. The van der Waals surface area contributed by atoms with Crippen LogP contribution in [-0.4, -0.2) is 30.7 Å². The number of nitrogens with zero attached hydrogens (tertiary/aromatic N) is 2. The van der Waals surface area contributed by atoms with Gasteiger partial charge < -0.3 is 4.90 Å². The van der Waals surface area contributed by atoms with E-state index in [0.717, 1.165) is 6.41 Å². The molecule has 1 amide bonds. The molecule has 0 aromatic carbocycles. The summed E-state index contributed by atoms with van der Waals surface area (Å²) >= 11 is 9.53. The maximum absolute atomic E-state index is 9.43. The highest BCUT2D eigenvalue weighted by Gasteiger charge is 1.68. The van der Waals surface area contributed by atoms with Gasteiger partial charge in [-0.25, -0.2) is 0 Å². The molecule has 0 fully saturated rings. The summed E-state index contributed by atoms with van der Waals surface area (Å²) in [5.41, 5.74) is 0. The second-order valence-corrected chi connectivity index (χ2v) is 2.20. The molecular weight excluding hydrogens is 187 g/mol. The quantitative estimate of drug-likeness (QED) is 0.476. The molecule has 5 heteroatoms. The van der Waals surface area contributed by atoms with E-state index in [4.69, 9.17) is 28.5 Å². The van der Waals surface area contributed by atoms with Gasteiger partial charge in [0, 0.05) is 21.0 Å². The summed E-state index contributed by atoms with van der Waals surface area (Å²) < 4.78 is 0. The topological polar surface area (TPSA) is 44.1 Å². The molecule has 0 aliphatic heterocycles. The highest BCUT2D eigenvalue weighted by molar-refractivity contribution is 6.40. The first-order valence-electron chi connectivity index (χ1n) is 2.65. The fourth-order valence-corrected chi connectivity index (χ4v) is 0. The Hall–Kier alpha value is -0.460. The normalized spacial score (nSPS) is 5.45. The smallest absolute Gasteiger partial charge is 0.209 e. The highest BCUT2D eigenvalue weighted by atomic mass is 35.5. The van der Waals surface area contributed by atoms with Gasteiger partial charge in [0.1, 0.15) is 0 Å². The molecule has 3 nitrogen and oxygen atoms in total. The highest BCUT2D eigenvalue weighted by Crippen LogP contribution is 1.73. The van der Waals surface area contributed by atoms with E-state index in [2.05, 4.69) is 0 Å². The maximum Gasteiger partial charge on any atom is 0.209 e. The lowest BCUT2D eigenvalue weighted by Gasteiger charge is -1.93. The van der Waals surface area contributed by atoms with E-state index < -0.39 is 0 Å². The summed E-state index contributed by atoms with van der Waals surface area (Å²) in [7, 11) is 3.38. The average Bonchev–Trinajstić information content (AvgIpc) is 1.91. The summed E-state index contributed by atoms with van der Waals surface area (Å²) in [6.45, 7) is 1.43. The van der Waals surface area contributed by atoms with Gasteiger partial charge in [0.2, 0.25) is 6.41 Å². The van der Waals surface area contributed by atoms with Crippen molar-refractivity contribution in [2.45, 2.75) is 6.92 Å². The molecule has 11 heavy (non-hydrogen) atoms. The second-order valence-electron chi connectivity index (χ2n) is 1.39. The number of carbonyl (C=O) groups excluding carboxylic acids is 1. The molecule has 0 saturated carbocycles. The second kappa shape index (κ2) is 22.7. The minimum absolute atomic E-state index is 0.194. The SMILES string of the molecule is CC#N.CN(C)C=O.ClCCl. The van der Waals surface area contributed by atoms with Crippen LogP contribution in [0.25, 0.3) is 0 Å². The fraction of sp³-hybridized carbons (Fsp3) is 0.667. The van der Waals surface area contributed by atoms with Crippen LogP contribution in [0.3, 0.4) is 0 Å². The van der Waals surface area contributed by atoms with Gasteiger partial charge in [-0.2, -0.15) is 5.26 Å². The van der Waals surface area contributed by atoms with E-state index in [9.17, 15) is 4.79 Å². The van der Waals surface area contributed by atoms with E-state index in [1.54, 1.807) is 20.2 Å². The molecule has 0 aliphatic rings. The van der Waals surface area contributed by atoms with Crippen molar-refractivity contribution < 1.29 is 4.79 Å². The van der Waals surface area contributed by atoms with E-state index in [1.165, 1.54) is 11.8 Å². The Balaban J connectivity index is -0.0000000933. The Labute approximate surface area is 77.5 Å². The number of hydrogen-bond donors (Lipinski definition) is 0. The number of rotatable bonds is 1. The Morgan fingerprint density at radius 3 is 1.64 bits per heavy atom. The van der Waals surface area contributed by atoms with Crippen molar-refractivity contribution in [2.24, 2.45) is 0 Å². The van der Waals surface area contributed by atoms with Crippen LogP contribution in [-0.2, 0) is 4.79 Å². The Morgan fingerprint density at radius 1 is 1.55 bits per heavy atom. The minimum Gasteiger partial charge on any atom is -0.351 e. The van der Waals surface area contributed by atoms with Crippen molar-refractivity contribution in [3.63, 3.8) is 0 Å². The lowest BCUT2D eigenvalue weighted by Crippen LogP contribution is -2.06. The summed E-state index contributed by atoms with van der Waals surface area (Å²) in [5.74, 6) is 0. The number of hydrogen-bond acceptors (Lipinski definition) is 2. The van der Waals surface area contributed by atoms with Crippen molar-refractivity contribution >= 4 is 29.6 Å². The Kier molecular flexibility index (Phi) is 34.8. The monoisotopic (exact) mass is 198 g/mol. The molecule has 0 aromatic heterocycles. The number of nitriles is 1. The first kappa shape index (κ1) is 16.9. The van der Waals surface area contributed by atoms with Crippen molar-refractivity contribution in [1.82, 2.24) is 4.90 Å². The summed E-state index contributed by atoms with van der Waals surface area (Å²) in [6.07, 6.45) is 0.750. The van der Waals surface area contributed by atoms with Gasteiger partial charge in [-0.3, -0.25) is 4.79 Å². The summed E-state index contributed by atoms with van der Waals surface area (Å²) in [6, 6.07) is 1.75. The lowest BCUT2D eigenvalue weighted by atomic mass is 11.0. The van der Waals surface area contributed by atoms with Crippen LogP contribution in [0.4, 0.5) is 0 Å². The molecule has 0 saturated heterocycles. The van der Waals surface area contributed by atoms with Crippen LogP contribution in [0.15, 0.2) is 0 Å². The fourth-order valence-electron chi connectivity index (χ4n) is 0.